The molecule has 10 aromatic rings. The predicted molar refractivity (Wildman–Crippen MR) is 221 cm³/mol. The van der Waals surface area contributed by atoms with Crippen LogP contribution in [0.3, 0.4) is 0 Å². The van der Waals surface area contributed by atoms with E-state index in [-0.39, 0.29) is 0 Å². The summed E-state index contributed by atoms with van der Waals surface area (Å²) in [6.45, 7) is 0. The van der Waals surface area contributed by atoms with Crippen LogP contribution in [0.5, 0.6) is 0 Å². The molecule has 1 N–H and O–H groups in total. The van der Waals surface area contributed by atoms with Crippen LogP contribution in [0.15, 0.2) is 188 Å². The van der Waals surface area contributed by atoms with Crippen LogP contribution in [0.25, 0.3) is 73.7 Å². The van der Waals surface area contributed by atoms with Gasteiger partial charge in [0.1, 0.15) is 17.1 Å². The third-order valence-corrected chi connectivity index (χ3v) is 12.4. The standard InChI is InChI=1S/C48H31NS2/c1-2-8-32(9-3-1)33-14-22-38(23-15-33)49(39-24-16-34(17-25-39)36-20-28-47-43(30-36)41-10-4-6-12-45(41)50-47)40-26-18-35(19-27-40)37-21-29-48-44(31-37)42-11-5-7-13-46(42)51-48/h1-31H/p+1. The lowest BCUT2D eigenvalue weighted by molar-refractivity contribution is -0.681. The van der Waals surface area contributed by atoms with Crippen LogP contribution >= 0.6 is 22.7 Å². The van der Waals surface area contributed by atoms with E-state index in [1.165, 1.54) is 95.7 Å². The van der Waals surface area contributed by atoms with Crippen LogP contribution in [0, 0.1) is 0 Å². The summed E-state index contributed by atoms with van der Waals surface area (Å²) in [4.78, 5) is 1.23. The van der Waals surface area contributed by atoms with Gasteiger partial charge in [0.2, 0.25) is 0 Å². The van der Waals surface area contributed by atoms with Crippen LogP contribution in [-0.2, 0) is 0 Å². The van der Waals surface area contributed by atoms with Crippen molar-refractivity contribution in [1.29, 1.82) is 0 Å². The highest BCUT2D eigenvalue weighted by Gasteiger charge is 2.20. The second-order valence-corrected chi connectivity index (χ2v) is 15.3. The number of fused-ring (bicyclic) bond motifs is 6. The normalized spacial score (nSPS) is 11.7. The minimum Gasteiger partial charge on any atom is -0.238 e. The van der Waals surface area contributed by atoms with E-state index in [2.05, 4.69) is 188 Å². The van der Waals surface area contributed by atoms with Crippen molar-refractivity contribution in [3.8, 4) is 33.4 Å². The fourth-order valence-corrected chi connectivity index (χ4v) is 9.60. The maximum atomic E-state index is 2.35. The Hall–Kier alpha value is -5.84. The van der Waals surface area contributed by atoms with E-state index in [1.54, 1.807) is 0 Å². The van der Waals surface area contributed by atoms with Crippen molar-refractivity contribution in [3.63, 3.8) is 0 Å². The second kappa shape index (κ2) is 12.5. The summed E-state index contributed by atoms with van der Waals surface area (Å²) in [7, 11) is 0. The van der Waals surface area contributed by atoms with E-state index in [0.717, 1.165) is 0 Å². The average Bonchev–Trinajstić information content (AvgIpc) is 3.77. The highest BCUT2D eigenvalue weighted by atomic mass is 32.1. The van der Waals surface area contributed by atoms with Crippen LogP contribution < -0.4 is 4.90 Å². The van der Waals surface area contributed by atoms with E-state index in [4.69, 9.17) is 0 Å². The van der Waals surface area contributed by atoms with Crippen molar-refractivity contribution < 1.29 is 4.90 Å². The third kappa shape index (κ3) is 5.44. The zero-order valence-electron chi connectivity index (χ0n) is 27.7. The van der Waals surface area contributed by atoms with Crippen LogP contribution in [0.4, 0.5) is 17.1 Å². The Morgan fingerprint density at radius 2 is 0.588 bits per heavy atom. The number of nitrogens with one attached hydrogen (secondary N) is 1. The molecule has 1 nitrogen and oxygen atoms in total. The average molecular weight is 687 g/mol. The van der Waals surface area contributed by atoms with E-state index in [1.807, 2.05) is 22.7 Å². The van der Waals surface area contributed by atoms with E-state index in [0.29, 0.717) is 0 Å². The number of quaternary nitrogens is 1. The molecule has 0 saturated heterocycles. The highest BCUT2D eigenvalue weighted by molar-refractivity contribution is 7.26. The quantitative estimate of drug-likeness (QED) is 0.178. The zero-order chi connectivity index (χ0) is 33.7. The van der Waals surface area contributed by atoms with Crippen molar-refractivity contribution >= 4 is 80.1 Å². The SMILES string of the molecule is c1ccc(-c2ccc([NH+](c3ccc(-c4ccc5sc6ccccc6c5c4)cc3)c3ccc(-c4ccc5sc6ccccc6c5c4)cc3)cc2)cc1. The Morgan fingerprint density at radius 3 is 1.04 bits per heavy atom. The molecular formula is C48H32NS2+. The smallest absolute Gasteiger partial charge is 0.141 e. The van der Waals surface area contributed by atoms with Crippen molar-refractivity contribution in [2.24, 2.45) is 0 Å². The molecular weight excluding hydrogens is 655 g/mol. The first-order chi connectivity index (χ1) is 25.2. The molecule has 2 aromatic heterocycles. The Morgan fingerprint density at radius 1 is 0.255 bits per heavy atom. The number of benzene rings is 8. The summed E-state index contributed by atoms with van der Waals surface area (Å²) in [5.41, 5.74) is 11.0. The molecule has 0 aliphatic carbocycles. The van der Waals surface area contributed by atoms with Gasteiger partial charge >= 0.3 is 0 Å². The topological polar surface area (TPSA) is 4.44 Å². The van der Waals surface area contributed by atoms with Gasteiger partial charge in [0, 0.05) is 76.7 Å². The number of rotatable bonds is 6. The van der Waals surface area contributed by atoms with Crippen LogP contribution in [0.2, 0.25) is 0 Å². The molecule has 0 spiro atoms. The summed E-state index contributed by atoms with van der Waals surface area (Å²) >= 11 is 3.73. The minimum absolute atomic E-state index is 1.20. The molecule has 3 heteroatoms. The first-order valence-corrected chi connectivity index (χ1v) is 19.0. The number of hydrogen-bond acceptors (Lipinski definition) is 2. The lowest BCUT2D eigenvalue weighted by Crippen LogP contribution is -2.96. The molecule has 0 unspecified atom stereocenters. The minimum atomic E-state index is 1.20. The maximum Gasteiger partial charge on any atom is 0.141 e. The molecule has 0 fully saturated rings. The molecule has 0 saturated carbocycles. The summed E-state index contributed by atoms with van der Waals surface area (Å²) in [6, 6.07) is 69.1. The summed E-state index contributed by atoms with van der Waals surface area (Å²) < 4.78 is 5.34. The first-order valence-electron chi connectivity index (χ1n) is 17.3. The molecule has 0 aliphatic heterocycles. The van der Waals surface area contributed by atoms with Crippen LogP contribution in [0.1, 0.15) is 0 Å². The van der Waals surface area contributed by atoms with Gasteiger partial charge in [0.05, 0.1) is 0 Å². The largest absolute Gasteiger partial charge is 0.238 e. The molecule has 0 amide bonds. The predicted octanol–water partition coefficient (Wildman–Crippen LogP) is 13.6. The van der Waals surface area contributed by atoms with Gasteiger partial charge in [-0.05, 0) is 106 Å². The van der Waals surface area contributed by atoms with Crippen molar-refractivity contribution in [3.05, 3.63) is 188 Å². The number of hydrogen-bond donors (Lipinski definition) is 1. The van der Waals surface area contributed by atoms with Gasteiger partial charge in [0.15, 0.2) is 0 Å². The van der Waals surface area contributed by atoms with Crippen molar-refractivity contribution in [2.75, 3.05) is 0 Å². The molecule has 8 aromatic carbocycles. The summed E-state index contributed by atoms with van der Waals surface area (Å²) in [5, 5.41) is 5.32. The summed E-state index contributed by atoms with van der Waals surface area (Å²) in [6.07, 6.45) is 0. The Labute approximate surface area is 304 Å². The fourth-order valence-electron chi connectivity index (χ4n) is 7.43. The fraction of sp³-hybridized carbons (Fsp3) is 0. The molecule has 0 atom stereocenters. The van der Waals surface area contributed by atoms with Gasteiger partial charge in [-0.2, -0.15) is 0 Å². The molecule has 2 heterocycles. The number of thiophene rings is 2. The second-order valence-electron chi connectivity index (χ2n) is 13.1. The highest BCUT2D eigenvalue weighted by Crippen LogP contribution is 2.38. The first kappa shape index (κ1) is 30.0. The van der Waals surface area contributed by atoms with Crippen molar-refractivity contribution in [1.82, 2.24) is 0 Å². The lowest BCUT2D eigenvalue weighted by Gasteiger charge is -2.20. The Balaban J connectivity index is 1.02. The molecule has 0 radical (unpaired) electrons. The van der Waals surface area contributed by atoms with Gasteiger partial charge in [-0.25, -0.2) is 4.90 Å². The maximum absolute atomic E-state index is 2.35. The summed E-state index contributed by atoms with van der Waals surface area (Å²) in [5.74, 6) is 0. The van der Waals surface area contributed by atoms with E-state index in [9.17, 15) is 0 Å². The Bertz CT molecular complexity index is 2670. The zero-order valence-corrected chi connectivity index (χ0v) is 29.3. The van der Waals surface area contributed by atoms with Gasteiger partial charge in [-0.15, -0.1) is 22.7 Å². The molecule has 0 aliphatic rings. The molecule has 51 heavy (non-hydrogen) atoms. The van der Waals surface area contributed by atoms with Gasteiger partial charge in [-0.3, -0.25) is 0 Å². The lowest BCUT2D eigenvalue weighted by atomic mass is 10.0. The van der Waals surface area contributed by atoms with E-state index >= 15 is 0 Å². The van der Waals surface area contributed by atoms with Gasteiger partial charge < -0.3 is 0 Å². The Kier molecular flexibility index (Phi) is 7.35. The van der Waals surface area contributed by atoms with Crippen LogP contribution in [-0.4, -0.2) is 0 Å². The monoisotopic (exact) mass is 686 g/mol. The molecule has 10 rings (SSSR count). The van der Waals surface area contributed by atoms with E-state index < -0.39 is 0 Å². The van der Waals surface area contributed by atoms with Gasteiger partial charge in [-0.1, -0.05) is 78.9 Å². The van der Waals surface area contributed by atoms with Crippen molar-refractivity contribution in [2.45, 2.75) is 0 Å². The third-order valence-electron chi connectivity index (χ3n) is 10.0. The molecule has 240 valence electrons. The molecule has 0 bridgehead atoms. The van der Waals surface area contributed by atoms with Gasteiger partial charge in [0.25, 0.3) is 0 Å².